The molecule has 5 rings (SSSR count). The summed E-state index contributed by atoms with van der Waals surface area (Å²) in [6, 6.07) is 14.3. The van der Waals surface area contributed by atoms with Crippen molar-refractivity contribution in [2.75, 3.05) is 6.79 Å². The Hall–Kier alpha value is -3.15. The second-order valence-corrected chi connectivity index (χ2v) is 7.97. The highest BCUT2D eigenvalue weighted by atomic mass is 35.5. The number of ether oxygens (including phenoxy) is 4. The SMILES string of the molecule is Cc1cc(OCc2c(Cl)cccc2Cl)cc2c1C(=O)/C(=C/c1ccc3c(c1)OCO3)O2. The van der Waals surface area contributed by atoms with Crippen molar-refractivity contribution in [2.24, 2.45) is 0 Å². The largest absolute Gasteiger partial charge is 0.489 e. The highest BCUT2D eigenvalue weighted by Crippen LogP contribution is 2.39. The van der Waals surface area contributed by atoms with Gasteiger partial charge in [0.1, 0.15) is 18.1 Å². The van der Waals surface area contributed by atoms with Crippen molar-refractivity contribution in [2.45, 2.75) is 13.5 Å². The maximum absolute atomic E-state index is 12.9. The molecule has 0 amide bonds. The first-order chi connectivity index (χ1) is 15.0. The Kier molecular flexibility index (Phi) is 5.00. The highest BCUT2D eigenvalue weighted by Gasteiger charge is 2.30. The van der Waals surface area contributed by atoms with Crippen LogP contribution in [0.15, 0.2) is 54.3 Å². The van der Waals surface area contributed by atoms with E-state index >= 15 is 0 Å². The molecular formula is C24H16Cl2O5. The van der Waals surface area contributed by atoms with Crippen molar-refractivity contribution in [3.63, 3.8) is 0 Å². The van der Waals surface area contributed by atoms with Crippen LogP contribution < -0.4 is 18.9 Å². The summed E-state index contributed by atoms with van der Waals surface area (Å²) >= 11 is 12.4. The normalized spacial score (nSPS) is 15.2. The van der Waals surface area contributed by atoms with Gasteiger partial charge in [0.2, 0.25) is 12.6 Å². The molecule has 0 atom stereocenters. The molecule has 0 N–H and O–H groups in total. The number of fused-ring (bicyclic) bond motifs is 2. The summed E-state index contributed by atoms with van der Waals surface area (Å²) in [5, 5.41) is 1.07. The fraction of sp³-hybridized carbons (Fsp3) is 0.125. The number of allylic oxidation sites excluding steroid dienone is 1. The number of rotatable bonds is 4. The Labute approximate surface area is 188 Å². The van der Waals surface area contributed by atoms with Crippen molar-refractivity contribution >= 4 is 35.1 Å². The Bertz CT molecular complexity index is 1230. The van der Waals surface area contributed by atoms with E-state index in [1.165, 1.54) is 0 Å². The van der Waals surface area contributed by atoms with Crippen LogP contribution in [0.5, 0.6) is 23.0 Å². The molecule has 0 saturated heterocycles. The van der Waals surface area contributed by atoms with E-state index in [0.29, 0.717) is 44.2 Å². The van der Waals surface area contributed by atoms with Crippen molar-refractivity contribution in [1.82, 2.24) is 0 Å². The first kappa shape index (κ1) is 19.8. The van der Waals surface area contributed by atoms with Gasteiger partial charge in [0.15, 0.2) is 17.3 Å². The molecule has 3 aromatic carbocycles. The Morgan fingerprint density at radius 3 is 2.58 bits per heavy atom. The maximum atomic E-state index is 12.9. The quantitative estimate of drug-likeness (QED) is 0.437. The average Bonchev–Trinajstić information content (AvgIpc) is 3.32. The zero-order valence-corrected chi connectivity index (χ0v) is 17.9. The highest BCUT2D eigenvalue weighted by molar-refractivity contribution is 6.35. The third kappa shape index (κ3) is 3.71. The molecule has 31 heavy (non-hydrogen) atoms. The second kappa shape index (κ2) is 7.84. The van der Waals surface area contributed by atoms with Crippen molar-refractivity contribution < 1.29 is 23.7 Å². The topological polar surface area (TPSA) is 54.0 Å². The molecule has 5 nitrogen and oxygen atoms in total. The molecule has 0 saturated carbocycles. The molecule has 7 heteroatoms. The van der Waals surface area contributed by atoms with Gasteiger partial charge in [0.25, 0.3) is 0 Å². The van der Waals surface area contributed by atoms with Gasteiger partial charge in [-0.05, 0) is 54.5 Å². The van der Waals surface area contributed by atoms with Crippen LogP contribution in [0.25, 0.3) is 6.08 Å². The lowest BCUT2D eigenvalue weighted by Gasteiger charge is -2.11. The van der Waals surface area contributed by atoms with Crippen LogP contribution in [0.4, 0.5) is 0 Å². The smallest absolute Gasteiger partial charge is 0.232 e. The molecule has 0 unspecified atom stereocenters. The first-order valence-electron chi connectivity index (χ1n) is 9.54. The van der Waals surface area contributed by atoms with E-state index in [2.05, 4.69) is 0 Å². The minimum Gasteiger partial charge on any atom is -0.489 e. The number of ketones is 1. The van der Waals surface area contributed by atoms with Gasteiger partial charge in [-0.3, -0.25) is 4.79 Å². The molecule has 0 aromatic heterocycles. The summed E-state index contributed by atoms with van der Waals surface area (Å²) in [5.74, 6) is 2.40. The van der Waals surface area contributed by atoms with Crippen LogP contribution >= 0.6 is 23.2 Å². The molecular weight excluding hydrogens is 439 g/mol. The molecule has 0 fully saturated rings. The lowest BCUT2D eigenvalue weighted by Crippen LogP contribution is -2.00. The predicted octanol–water partition coefficient (Wildman–Crippen LogP) is 6.23. The minimum absolute atomic E-state index is 0.175. The van der Waals surface area contributed by atoms with Gasteiger partial charge >= 0.3 is 0 Å². The number of carbonyl (C=O) groups is 1. The van der Waals surface area contributed by atoms with Gasteiger partial charge in [-0.25, -0.2) is 0 Å². The fourth-order valence-electron chi connectivity index (χ4n) is 3.54. The summed E-state index contributed by atoms with van der Waals surface area (Å²) in [6.07, 6.45) is 1.69. The van der Waals surface area contributed by atoms with Crippen LogP contribution in [0, 0.1) is 6.92 Å². The second-order valence-electron chi connectivity index (χ2n) is 7.15. The number of carbonyl (C=O) groups excluding carboxylic acids is 1. The molecule has 0 aliphatic carbocycles. The van der Waals surface area contributed by atoms with Gasteiger partial charge < -0.3 is 18.9 Å². The predicted molar refractivity (Wildman–Crippen MR) is 117 cm³/mol. The van der Waals surface area contributed by atoms with Crippen LogP contribution in [0.3, 0.4) is 0 Å². The van der Waals surface area contributed by atoms with Gasteiger partial charge in [-0.2, -0.15) is 0 Å². The van der Waals surface area contributed by atoms with Gasteiger partial charge in [0, 0.05) is 21.7 Å². The van der Waals surface area contributed by atoms with Gasteiger partial charge in [-0.15, -0.1) is 0 Å². The number of hydrogen-bond acceptors (Lipinski definition) is 5. The van der Waals surface area contributed by atoms with Crippen molar-refractivity contribution in [1.29, 1.82) is 0 Å². The standard InChI is InChI=1S/C24H16Cl2O5/c1-13-7-15(28-11-16-17(25)3-2-4-18(16)26)10-21-23(13)24(27)22(31-21)9-14-5-6-19-20(8-14)30-12-29-19/h2-10H,11-12H2,1H3/b22-9-. The van der Waals surface area contributed by atoms with E-state index in [0.717, 1.165) is 11.1 Å². The lowest BCUT2D eigenvalue weighted by atomic mass is 10.0. The van der Waals surface area contributed by atoms with Crippen molar-refractivity contribution in [3.8, 4) is 23.0 Å². The van der Waals surface area contributed by atoms with E-state index < -0.39 is 0 Å². The van der Waals surface area contributed by atoms with Gasteiger partial charge in [0.05, 0.1) is 5.56 Å². The number of halogens is 2. The van der Waals surface area contributed by atoms with E-state index in [4.69, 9.17) is 42.1 Å². The zero-order chi connectivity index (χ0) is 21.5. The van der Waals surface area contributed by atoms with Crippen LogP contribution in [-0.4, -0.2) is 12.6 Å². The zero-order valence-electron chi connectivity index (χ0n) is 16.4. The summed E-state index contributed by atoms with van der Waals surface area (Å²) in [5.41, 5.74) is 2.76. The monoisotopic (exact) mass is 454 g/mol. The van der Waals surface area contributed by atoms with Gasteiger partial charge in [-0.1, -0.05) is 35.3 Å². The Morgan fingerprint density at radius 1 is 1.00 bits per heavy atom. The third-order valence-electron chi connectivity index (χ3n) is 5.08. The molecule has 0 bridgehead atoms. The van der Waals surface area contributed by atoms with Crippen molar-refractivity contribution in [3.05, 3.63) is 86.6 Å². The van der Waals surface area contributed by atoms with Crippen LogP contribution in [-0.2, 0) is 6.61 Å². The molecule has 2 heterocycles. The first-order valence-corrected chi connectivity index (χ1v) is 10.3. The Balaban J connectivity index is 1.39. The lowest BCUT2D eigenvalue weighted by molar-refractivity contribution is 0.101. The van der Waals surface area contributed by atoms with E-state index in [1.807, 2.05) is 19.1 Å². The third-order valence-corrected chi connectivity index (χ3v) is 5.79. The number of benzene rings is 3. The average molecular weight is 455 g/mol. The molecule has 2 aliphatic heterocycles. The van der Waals surface area contributed by atoms with E-state index in [1.54, 1.807) is 42.5 Å². The molecule has 2 aliphatic rings. The summed E-state index contributed by atoms with van der Waals surface area (Å²) < 4.78 is 22.5. The summed E-state index contributed by atoms with van der Waals surface area (Å²) in [4.78, 5) is 12.9. The number of Topliss-reactive ketones (excluding diaryl/α,β-unsaturated/α-hetero) is 1. The van der Waals surface area contributed by atoms with E-state index in [9.17, 15) is 4.79 Å². The summed E-state index contributed by atoms with van der Waals surface area (Å²) in [6.45, 7) is 2.24. The molecule has 3 aromatic rings. The molecule has 0 spiro atoms. The van der Waals surface area contributed by atoms with E-state index in [-0.39, 0.29) is 24.9 Å². The Morgan fingerprint density at radius 2 is 1.77 bits per heavy atom. The van der Waals surface area contributed by atoms with Crippen LogP contribution in [0.1, 0.15) is 27.0 Å². The molecule has 0 radical (unpaired) electrons. The number of aryl methyl sites for hydroxylation is 1. The molecule has 156 valence electrons. The minimum atomic E-state index is -0.175. The number of hydrogen-bond donors (Lipinski definition) is 0. The van der Waals surface area contributed by atoms with Crippen LogP contribution in [0.2, 0.25) is 10.0 Å². The maximum Gasteiger partial charge on any atom is 0.232 e. The summed E-state index contributed by atoms with van der Waals surface area (Å²) in [7, 11) is 0. The fourth-order valence-corrected chi connectivity index (χ4v) is 4.05.